The first-order chi connectivity index (χ1) is 7.06. The Kier molecular flexibility index (Phi) is 9.40. The molecule has 0 saturated heterocycles. The average Bonchev–Trinajstić information content (AvgIpc) is 2.14. The molecule has 0 aromatic heterocycles. The van der Waals surface area contributed by atoms with E-state index in [1.54, 1.807) is 4.72 Å². The van der Waals surface area contributed by atoms with Gasteiger partial charge in [-0.05, 0) is 6.42 Å². The molecule has 5 heteroatoms. The van der Waals surface area contributed by atoms with Gasteiger partial charge in [-0.15, -0.1) is 11.7 Å². The quantitative estimate of drug-likeness (QED) is 0.529. The number of hydrogen-bond acceptors (Lipinski definition) is 1. The number of nitrogens with one attached hydrogen (secondary N) is 1. The highest BCUT2D eigenvalue weighted by molar-refractivity contribution is 8.19. The predicted octanol–water partition coefficient (Wildman–Crippen LogP) is 5.09. The zero-order chi connectivity index (χ0) is 11.6. The summed E-state index contributed by atoms with van der Waals surface area (Å²) in [5.74, 6) is 0. The molecular formula is C10H22F3NS. The van der Waals surface area contributed by atoms with E-state index in [4.69, 9.17) is 0 Å². The third-order valence-corrected chi connectivity index (χ3v) is 2.83. The molecule has 0 spiro atoms. The fourth-order valence-electron chi connectivity index (χ4n) is 1.45. The molecule has 0 radical (unpaired) electrons. The molecule has 0 saturated carbocycles. The Morgan fingerprint density at radius 1 is 0.800 bits per heavy atom. The summed E-state index contributed by atoms with van der Waals surface area (Å²) in [6, 6.07) is 0. The lowest BCUT2D eigenvalue weighted by molar-refractivity contribution is 0.558. The van der Waals surface area contributed by atoms with Crippen molar-refractivity contribution in [2.45, 2.75) is 58.3 Å². The van der Waals surface area contributed by atoms with Crippen molar-refractivity contribution in [3.05, 3.63) is 0 Å². The van der Waals surface area contributed by atoms with Crippen LogP contribution in [0.3, 0.4) is 0 Å². The molecule has 0 aromatic carbocycles. The van der Waals surface area contributed by atoms with Gasteiger partial charge in [0.2, 0.25) is 0 Å². The van der Waals surface area contributed by atoms with Crippen LogP contribution in [0.4, 0.5) is 11.7 Å². The molecule has 0 aliphatic heterocycles. The van der Waals surface area contributed by atoms with Gasteiger partial charge in [-0.3, -0.25) is 0 Å². The first-order valence-electron chi connectivity index (χ1n) is 5.73. The van der Waals surface area contributed by atoms with Crippen LogP contribution < -0.4 is 4.72 Å². The van der Waals surface area contributed by atoms with Crippen LogP contribution in [-0.4, -0.2) is 6.54 Å². The number of hydrogen-bond donors (Lipinski definition) is 1. The summed E-state index contributed by atoms with van der Waals surface area (Å²) in [4.78, 5) is 0. The van der Waals surface area contributed by atoms with E-state index in [0.717, 1.165) is 12.8 Å². The van der Waals surface area contributed by atoms with Crippen LogP contribution in [0, 0.1) is 0 Å². The maximum Gasteiger partial charge on any atom is 0.275 e. The molecule has 94 valence electrons. The fourth-order valence-corrected chi connectivity index (χ4v) is 1.82. The molecule has 1 nitrogen and oxygen atoms in total. The summed E-state index contributed by atoms with van der Waals surface area (Å²) in [7, 11) is 0. The molecule has 1 N–H and O–H groups in total. The standard InChI is InChI=1S/C10H22F3NS/c1-2-3-4-5-6-7-8-9-10-14-15(11,12)13/h14H,2-10H2,1H3. The van der Waals surface area contributed by atoms with E-state index in [0.29, 0.717) is 6.42 Å². The monoisotopic (exact) mass is 245 g/mol. The summed E-state index contributed by atoms with van der Waals surface area (Å²) >= 11 is -4.98. The van der Waals surface area contributed by atoms with Gasteiger partial charge in [0.1, 0.15) is 0 Å². The maximum absolute atomic E-state index is 11.7. The SMILES string of the molecule is CCCCCCCCCCNS(F)(F)F. The Labute approximate surface area is 93.2 Å². The zero-order valence-electron chi connectivity index (χ0n) is 9.41. The molecule has 0 heterocycles. The van der Waals surface area contributed by atoms with Crippen molar-refractivity contribution in [2.24, 2.45) is 0 Å². The Hall–Kier alpha value is 0.100. The molecule has 0 aliphatic carbocycles. The second-order valence-electron chi connectivity index (χ2n) is 3.78. The minimum absolute atomic E-state index is 0.0911. The van der Waals surface area contributed by atoms with E-state index in [-0.39, 0.29) is 6.54 Å². The second kappa shape index (κ2) is 9.33. The summed E-state index contributed by atoms with van der Waals surface area (Å²) in [5.41, 5.74) is 0. The van der Waals surface area contributed by atoms with Gasteiger partial charge < -0.3 is 0 Å². The predicted molar refractivity (Wildman–Crippen MR) is 61.5 cm³/mol. The van der Waals surface area contributed by atoms with E-state index in [9.17, 15) is 11.7 Å². The first-order valence-corrected chi connectivity index (χ1v) is 7.06. The normalized spacial score (nSPS) is 13.1. The van der Waals surface area contributed by atoms with Crippen molar-refractivity contribution in [2.75, 3.05) is 6.54 Å². The molecular weight excluding hydrogens is 223 g/mol. The molecule has 0 bridgehead atoms. The van der Waals surface area contributed by atoms with Gasteiger partial charge in [0, 0.05) is 6.54 Å². The van der Waals surface area contributed by atoms with Crippen LogP contribution in [0.5, 0.6) is 0 Å². The summed E-state index contributed by atoms with van der Waals surface area (Å²) in [5, 5.41) is 0. The number of halogens is 3. The summed E-state index contributed by atoms with van der Waals surface area (Å²) in [6.45, 7) is 2.26. The van der Waals surface area contributed by atoms with E-state index in [1.807, 2.05) is 0 Å². The Morgan fingerprint density at radius 2 is 1.27 bits per heavy atom. The lowest BCUT2D eigenvalue weighted by Crippen LogP contribution is -2.11. The highest BCUT2D eigenvalue weighted by Gasteiger charge is 2.18. The Balaban J connectivity index is 2.99. The third-order valence-electron chi connectivity index (χ3n) is 2.30. The summed E-state index contributed by atoms with van der Waals surface area (Å²) in [6.07, 6.45) is 8.79. The highest BCUT2D eigenvalue weighted by atomic mass is 32.3. The smallest absolute Gasteiger partial charge is 0.206 e. The Morgan fingerprint density at radius 3 is 1.73 bits per heavy atom. The van der Waals surface area contributed by atoms with Crippen LogP contribution in [-0.2, 0) is 0 Å². The molecule has 0 aromatic rings. The van der Waals surface area contributed by atoms with E-state index in [2.05, 4.69) is 6.92 Å². The van der Waals surface area contributed by atoms with Crippen LogP contribution >= 0.6 is 11.4 Å². The van der Waals surface area contributed by atoms with Crippen molar-refractivity contribution in [1.29, 1.82) is 0 Å². The van der Waals surface area contributed by atoms with E-state index >= 15 is 0 Å². The maximum atomic E-state index is 11.7. The van der Waals surface area contributed by atoms with Gasteiger partial charge in [-0.1, -0.05) is 51.9 Å². The van der Waals surface area contributed by atoms with Crippen molar-refractivity contribution >= 4 is 11.4 Å². The highest BCUT2D eigenvalue weighted by Crippen LogP contribution is 2.48. The lowest BCUT2D eigenvalue weighted by atomic mass is 10.1. The van der Waals surface area contributed by atoms with Crippen molar-refractivity contribution in [1.82, 2.24) is 4.72 Å². The van der Waals surface area contributed by atoms with Crippen LogP contribution in [0.25, 0.3) is 0 Å². The molecule has 0 rings (SSSR count). The van der Waals surface area contributed by atoms with Gasteiger partial charge >= 0.3 is 0 Å². The average molecular weight is 245 g/mol. The van der Waals surface area contributed by atoms with Crippen LogP contribution in [0.15, 0.2) is 0 Å². The van der Waals surface area contributed by atoms with Crippen molar-refractivity contribution < 1.29 is 11.7 Å². The third kappa shape index (κ3) is 14.1. The molecule has 0 amide bonds. The molecule has 0 fully saturated rings. The molecule has 15 heavy (non-hydrogen) atoms. The van der Waals surface area contributed by atoms with Gasteiger partial charge in [0.15, 0.2) is 0 Å². The lowest BCUT2D eigenvalue weighted by Gasteiger charge is -2.10. The molecule has 0 atom stereocenters. The van der Waals surface area contributed by atoms with E-state index in [1.165, 1.54) is 32.1 Å². The van der Waals surface area contributed by atoms with Gasteiger partial charge in [-0.2, -0.15) is 0 Å². The van der Waals surface area contributed by atoms with Crippen molar-refractivity contribution in [3.8, 4) is 0 Å². The largest absolute Gasteiger partial charge is 0.275 e. The topological polar surface area (TPSA) is 12.0 Å². The zero-order valence-corrected chi connectivity index (χ0v) is 10.2. The Bertz CT molecular complexity index is 139. The van der Waals surface area contributed by atoms with Crippen LogP contribution in [0.1, 0.15) is 58.3 Å². The summed E-state index contributed by atoms with van der Waals surface area (Å²) < 4.78 is 36.8. The second-order valence-corrected chi connectivity index (χ2v) is 4.88. The van der Waals surface area contributed by atoms with Gasteiger partial charge in [-0.25, -0.2) is 4.72 Å². The van der Waals surface area contributed by atoms with Crippen LogP contribution in [0.2, 0.25) is 0 Å². The van der Waals surface area contributed by atoms with Crippen molar-refractivity contribution in [3.63, 3.8) is 0 Å². The molecule has 0 unspecified atom stereocenters. The first kappa shape index (κ1) is 15.1. The fraction of sp³-hybridized carbons (Fsp3) is 1.00. The minimum Gasteiger partial charge on any atom is -0.206 e. The molecule has 0 aliphatic rings. The number of unbranched alkanes of at least 4 members (excludes halogenated alkanes) is 7. The van der Waals surface area contributed by atoms with Gasteiger partial charge in [0.25, 0.3) is 11.4 Å². The number of rotatable bonds is 10. The van der Waals surface area contributed by atoms with E-state index < -0.39 is 11.4 Å². The van der Waals surface area contributed by atoms with Gasteiger partial charge in [0.05, 0.1) is 0 Å². The minimum atomic E-state index is -4.98.